The molecule has 2 N–H and O–H groups in total. The van der Waals surface area contributed by atoms with E-state index in [1.807, 2.05) is 19.9 Å². The predicted octanol–water partition coefficient (Wildman–Crippen LogP) is 1.19. The predicted molar refractivity (Wildman–Crippen MR) is 49.8 cm³/mol. The number of aliphatic carboxylic acids is 1. The average Bonchev–Trinajstić information content (AvgIpc) is 2.07. The molecule has 1 heterocycles. The van der Waals surface area contributed by atoms with Gasteiger partial charge in [0.2, 0.25) is 0 Å². The van der Waals surface area contributed by atoms with E-state index in [0.29, 0.717) is 5.82 Å². The molecule has 4 nitrogen and oxygen atoms in total. The van der Waals surface area contributed by atoms with Crippen LogP contribution >= 0.6 is 0 Å². The molecule has 0 aliphatic carbocycles. The SMILES string of the molecule is Cc1ccc(NCC(=O)O)nc1C. The van der Waals surface area contributed by atoms with Crippen LogP contribution in [0.3, 0.4) is 0 Å². The normalized spacial score (nSPS) is 9.69. The second-order valence-corrected chi connectivity index (χ2v) is 2.85. The van der Waals surface area contributed by atoms with E-state index >= 15 is 0 Å². The fraction of sp³-hybridized carbons (Fsp3) is 0.333. The average molecular weight is 180 g/mol. The molecular formula is C9H12N2O2. The maximum absolute atomic E-state index is 10.2. The van der Waals surface area contributed by atoms with Crippen LogP contribution in [0, 0.1) is 13.8 Å². The van der Waals surface area contributed by atoms with Gasteiger partial charge in [-0.3, -0.25) is 4.79 Å². The fourth-order valence-corrected chi connectivity index (χ4v) is 0.895. The highest BCUT2D eigenvalue weighted by Crippen LogP contribution is 2.08. The van der Waals surface area contributed by atoms with Crippen LogP contribution in [-0.2, 0) is 4.79 Å². The Morgan fingerprint density at radius 3 is 2.77 bits per heavy atom. The van der Waals surface area contributed by atoms with Gasteiger partial charge in [0.25, 0.3) is 0 Å². The van der Waals surface area contributed by atoms with E-state index in [9.17, 15) is 4.79 Å². The second kappa shape index (κ2) is 3.89. The summed E-state index contributed by atoms with van der Waals surface area (Å²) >= 11 is 0. The van der Waals surface area contributed by atoms with E-state index in [1.165, 1.54) is 0 Å². The summed E-state index contributed by atoms with van der Waals surface area (Å²) in [7, 11) is 0. The highest BCUT2D eigenvalue weighted by Gasteiger charge is 1.99. The highest BCUT2D eigenvalue weighted by molar-refractivity contribution is 5.72. The van der Waals surface area contributed by atoms with E-state index in [0.717, 1.165) is 11.3 Å². The first-order valence-corrected chi connectivity index (χ1v) is 3.99. The topological polar surface area (TPSA) is 62.2 Å². The summed E-state index contributed by atoms with van der Waals surface area (Å²) in [5.41, 5.74) is 2.01. The molecule has 0 fully saturated rings. The van der Waals surface area contributed by atoms with Gasteiger partial charge in [-0.05, 0) is 25.5 Å². The molecule has 1 aromatic rings. The molecule has 0 atom stereocenters. The molecule has 1 rings (SSSR count). The highest BCUT2D eigenvalue weighted by atomic mass is 16.4. The molecular weight excluding hydrogens is 168 g/mol. The zero-order valence-corrected chi connectivity index (χ0v) is 7.66. The maximum atomic E-state index is 10.2. The number of carboxylic acid groups (broad SMARTS) is 1. The Kier molecular flexibility index (Phi) is 2.84. The van der Waals surface area contributed by atoms with E-state index in [1.54, 1.807) is 6.07 Å². The summed E-state index contributed by atoms with van der Waals surface area (Å²) < 4.78 is 0. The van der Waals surface area contributed by atoms with Crippen molar-refractivity contribution in [3.63, 3.8) is 0 Å². The number of anilines is 1. The van der Waals surface area contributed by atoms with Crippen molar-refractivity contribution < 1.29 is 9.90 Å². The van der Waals surface area contributed by atoms with Crippen LogP contribution < -0.4 is 5.32 Å². The molecule has 0 unspecified atom stereocenters. The maximum Gasteiger partial charge on any atom is 0.322 e. The first kappa shape index (κ1) is 9.51. The molecule has 0 bridgehead atoms. The number of aromatic nitrogens is 1. The lowest BCUT2D eigenvalue weighted by atomic mass is 10.2. The van der Waals surface area contributed by atoms with Crippen molar-refractivity contribution in [2.45, 2.75) is 13.8 Å². The Morgan fingerprint density at radius 1 is 1.54 bits per heavy atom. The Hall–Kier alpha value is -1.58. The molecule has 4 heteroatoms. The van der Waals surface area contributed by atoms with Gasteiger partial charge in [0.05, 0.1) is 0 Å². The molecule has 0 amide bonds. The van der Waals surface area contributed by atoms with Crippen LogP contribution in [0.15, 0.2) is 12.1 Å². The number of rotatable bonds is 3. The molecule has 0 saturated carbocycles. The Morgan fingerprint density at radius 2 is 2.23 bits per heavy atom. The van der Waals surface area contributed by atoms with Gasteiger partial charge in [0, 0.05) is 5.69 Å². The van der Waals surface area contributed by atoms with Crippen LogP contribution in [0.4, 0.5) is 5.82 Å². The van der Waals surface area contributed by atoms with Crippen molar-refractivity contribution in [1.82, 2.24) is 4.98 Å². The number of hydrogen-bond donors (Lipinski definition) is 2. The third kappa shape index (κ3) is 2.74. The van der Waals surface area contributed by atoms with Gasteiger partial charge >= 0.3 is 5.97 Å². The van der Waals surface area contributed by atoms with Crippen LogP contribution in [0.5, 0.6) is 0 Å². The Bertz CT molecular complexity index is 323. The lowest BCUT2D eigenvalue weighted by Gasteiger charge is -2.04. The van der Waals surface area contributed by atoms with E-state index in [2.05, 4.69) is 10.3 Å². The smallest absolute Gasteiger partial charge is 0.322 e. The van der Waals surface area contributed by atoms with Crippen molar-refractivity contribution in [2.24, 2.45) is 0 Å². The van der Waals surface area contributed by atoms with E-state index in [-0.39, 0.29) is 6.54 Å². The van der Waals surface area contributed by atoms with Gasteiger partial charge in [-0.2, -0.15) is 0 Å². The Labute approximate surface area is 76.6 Å². The minimum absolute atomic E-state index is 0.102. The third-order valence-corrected chi connectivity index (χ3v) is 1.77. The first-order chi connectivity index (χ1) is 6.09. The van der Waals surface area contributed by atoms with Gasteiger partial charge in [-0.25, -0.2) is 4.98 Å². The van der Waals surface area contributed by atoms with Crippen LogP contribution in [0.1, 0.15) is 11.3 Å². The van der Waals surface area contributed by atoms with Crippen LogP contribution in [0.25, 0.3) is 0 Å². The number of carboxylic acids is 1. The van der Waals surface area contributed by atoms with Gasteiger partial charge in [0.1, 0.15) is 12.4 Å². The van der Waals surface area contributed by atoms with Gasteiger partial charge in [-0.1, -0.05) is 6.07 Å². The summed E-state index contributed by atoms with van der Waals surface area (Å²) in [6.45, 7) is 3.75. The molecule has 0 spiro atoms. The molecule has 0 aliphatic rings. The van der Waals surface area contributed by atoms with Crippen molar-refractivity contribution in [2.75, 3.05) is 11.9 Å². The lowest BCUT2D eigenvalue weighted by molar-refractivity contribution is -0.134. The largest absolute Gasteiger partial charge is 0.480 e. The standard InChI is InChI=1S/C9H12N2O2/c1-6-3-4-8(11-7(6)2)10-5-9(12)13/h3-4H,5H2,1-2H3,(H,10,11)(H,12,13). The van der Waals surface area contributed by atoms with E-state index in [4.69, 9.17) is 5.11 Å². The van der Waals surface area contributed by atoms with Crippen LogP contribution in [-0.4, -0.2) is 22.6 Å². The van der Waals surface area contributed by atoms with Crippen LogP contribution in [0.2, 0.25) is 0 Å². The molecule has 13 heavy (non-hydrogen) atoms. The number of nitrogens with one attached hydrogen (secondary N) is 1. The summed E-state index contributed by atoms with van der Waals surface area (Å²) in [5.74, 6) is -0.287. The number of nitrogens with zero attached hydrogens (tertiary/aromatic N) is 1. The number of carbonyl (C=O) groups is 1. The summed E-state index contributed by atoms with van der Waals surface area (Å²) in [5, 5.41) is 11.1. The van der Waals surface area contributed by atoms with Gasteiger partial charge in [0.15, 0.2) is 0 Å². The lowest BCUT2D eigenvalue weighted by Crippen LogP contribution is -2.13. The molecule has 0 radical (unpaired) electrons. The second-order valence-electron chi connectivity index (χ2n) is 2.85. The zero-order valence-electron chi connectivity index (χ0n) is 7.66. The van der Waals surface area contributed by atoms with Crippen molar-refractivity contribution >= 4 is 11.8 Å². The van der Waals surface area contributed by atoms with Crippen molar-refractivity contribution in [3.8, 4) is 0 Å². The fourth-order valence-electron chi connectivity index (χ4n) is 0.895. The summed E-state index contributed by atoms with van der Waals surface area (Å²) in [4.78, 5) is 14.4. The Balaban J connectivity index is 2.68. The molecule has 1 aromatic heterocycles. The number of aryl methyl sites for hydroxylation is 2. The molecule has 0 aliphatic heterocycles. The zero-order chi connectivity index (χ0) is 9.84. The first-order valence-electron chi connectivity index (χ1n) is 3.99. The molecule has 0 aromatic carbocycles. The summed E-state index contributed by atoms with van der Waals surface area (Å²) in [6.07, 6.45) is 0. The number of pyridine rings is 1. The quantitative estimate of drug-likeness (QED) is 0.733. The monoisotopic (exact) mass is 180 g/mol. The summed E-state index contributed by atoms with van der Waals surface area (Å²) in [6, 6.07) is 3.68. The third-order valence-electron chi connectivity index (χ3n) is 1.77. The minimum atomic E-state index is -0.889. The molecule has 70 valence electrons. The van der Waals surface area contributed by atoms with Crippen molar-refractivity contribution in [1.29, 1.82) is 0 Å². The van der Waals surface area contributed by atoms with Gasteiger partial charge in [-0.15, -0.1) is 0 Å². The number of hydrogen-bond acceptors (Lipinski definition) is 3. The molecule has 0 saturated heterocycles. The van der Waals surface area contributed by atoms with Crippen molar-refractivity contribution in [3.05, 3.63) is 23.4 Å². The minimum Gasteiger partial charge on any atom is -0.480 e. The van der Waals surface area contributed by atoms with E-state index < -0.39 is 5.97 Å². The van der Waals surface area contributed by atoms with Gasteiger partial charge < -0.3 is 10.4 Å².